The van der Waals surface area contributed by atoms with E-state index < -0.39 is 15.7 Å². The molecule has 1 aromatic carbocycles. The van der Waals surface area contributed by atoms with Gasteiger partial charge in [-0.15, -0.1) is 0 Å². The standard InChI is InChI=1S/C14H23N3O2S/c1-10-8-9-11-6-5-7-12(13(11)15-10)16-20(18,19)17-14(2,3)4/h5-7,10,15-17H,8-9H2,1-4H3. The number of benzene rings is 1. The van der Waals surface area contributed by atoms with Crippen LogP contribution in [0.5, 0.6) is 0 Å². The van der Waals surface area contributed by atoms with Crippen molar-refractivity contribution in [3.05, 3.63) is 23.8 Å². The number of aryl methyl sites for hydroxylation is 1. The van der Waals surface area contributed by atoms with E-state index >= 15 is 0 Å². The fourth-order valence-corrected chi connectivity index (χ4v) is 3.64. The van der Waals surface area contributed by atoms with Crippen molar-refractivity contribution in [3.8, 4) is 0 Å². The molecule has 1 unspecified atom stereocenters. The number of para-hydroxylation sites is 1. The van der Waals surface area contributed by atoms with Gasteiger partial charge >= 0.3 is 0 Å². The maximum absolute atomic E-state index is 12.1. The normalized spacial score (nSPS) is 19.1. The molecular formula is C14H23N3O2S. The second kappa shape index (κ2) is 5.26. The van der Waals surface area contributed by atoms with Crippen molar-refractivity contribution in [1.29, 1.82) is 0 Å². The average Bonchev–Trinajstić information content (AvgIpc) is 2.26. The highest BCUT2D eigenvalue weighted by molar-refractivity contribution is 7.90. The molecule has 0 amide bonds. The molecule has 3 N–H and O–H groups in total. The lowest BCUT2D eigenvalue weighted by Gasteiger charge is -2.27. The minimum absolute atomic E-state index is 0.351. The fraction of sp³-hybridized carbons (Fsp3) is 0.571. The molecule has 1 aliphatic heterocycles. The van der Waals surface area contributed by atoms with E-state index in [0.29, 0.717) is 11.7 Å². The van der Waals surface area contributed by atoms with E-state index in [-0.39, 0.29) is 0 Å². The van der Waals surface area contributed by atoms with Gasteiger partial charge in [-0.25, -0.2) is 0 Å². The van der Waals surface area contributed by atoms with Crippen molar-refractivity contribution in [2.75, 3.05) is 10.0 Å². The average molecular weight is 297 g/mol. The molecule has 2 rings (SSSR count). The number of hydrogen-bond donors (Lipinski definition) is 3. The Morgan fingerprint density at radius 3 is 2.65 bits per heavy atom. The third-order valence-electron chi connectivity index (χ3n) is 3.07. The fourth-order valence-electron chi connectivity index (χ4n) is 2.33. The van der Waals surface area contributed by atoms with E-state index in [1.54, 1.807) is 6.07 Å². The molecule has 0 radical (unpaired) electrons. The summed E-state index contributed by atoms with van der Waals surface area (Å²) in [5.74, 6) is 0. The maximum atomic E-state index is 12.1. The van der Waals surface area contributed by atoms with Gasteiger partial charge in [0.2, 0.25) is 0 Å². The second-order valence-corrected chi connectivity index (χ2v) is 7.80. The minimum atomic E-state index is -3.58. The van der Waals surface area contributed by atoms with Crippen molar-refractivity contribution < 1.29 is 8.42 Å². The Bertz CT molecular complexity index is 591. The van der Waals surface area contributed by atoms with Crippen LogP contribution in [0.2, 0.25) is 0 Å². The molecular weight excluding hydrogens is 274 g/mol. The van der Waals surface area contributed by atoms with Crippen molar-refractivity contribution in [1.82, 2.24) is 4.72 Å². The molecule has 5 nitrogen and oxygen atoms in total. The zero-order chi connectivity index (χ0) is 15.0. The first-order valence-corrected chi connectivity index (χ1v) is 8.35. The summed E-state index contributed by atoms with van der Waals surface area (Å²) in [6.07, 6.45) is 2.02. The highest BCUT2D eigenvalue weighted by Crippen LogP contribution is 2.32. The first kappa shape index (κ1) is 15.1. The van der Waals surface area contributed by atoms with Crippen LogP contribution in [0.4, 0.5) is 11.4 Å². The Labute approximate surface area is 121 Å². The summed E-state index contributed by atoms with van der Waals surface area (Å²) in [6.45, 7) is 7.54. The van der Waals surface area contributed by atoms with Crippen LogP contribution in [0.1, 0.15) is 39.7 Å². The van der Waals surface area contributed by atoms with Gasteiger partial charge in [0.1, 0.15) is 0 Å². The topological polar surface area (TPSA) is 70.2 Å². The van der Waals surface area contributed by atoms with E-state index in [1.165, 1.54) is 0 Å². The third-order valence-corrected chi connectivity index (χ3v) is 4.44. The van der Waals surface area contributed by atoms with Crippen molar-refractivity contribution in [3.63, 3.8) is 0 Å². The quantitative estimate of drug-likeness (QED) is 0.802. The van der Waals surface area contributed by atoms with Gasteiger partial charge in [0.15, 0.2) is 0 Å². The van der Waals surface area contributed by atoms with E-state index in [4.69, 9.17) is 0 Å². The zero-order valence-electron chi connectivity index (χ0n) is 12.4. The lowest BCUT2D eigenvalue weighted by atomic mass is 9.98. The predicted molar refractivity (Wildman–Crippen MR) is 83.3 cm³/mol. The summed E-state index contributed by atoms with van der Waals surface area (Å²) < 4.78 is 29.5. The van der Waals surface area contributed by atoms with Crippen LogP contribution in [-0.4, -0.2) is 20.0 Å². The summed E-state index contributed by atoms with van der Waals surface area (Å²) in [6, 6.07) is 6.05. The van der Waals surface area contributed by atoms with E-state index in [9.17, 15) is 8.42 Å². The van der Waals surface area contributed by atoms with Crippen LogP contribution in [0.25, 0.3) is 0 Å². The van der Waals surface area contributed by atoms with Gasteiger partial charge in [0.05, 0.1) is 11.4 Å². The van der Waals surface area contributed by atoms with Crippen LogP contribution in [0.15, 0.2) is 18.2 Å². The lowest BCUT2D eigenvalue weighted by molar-refractivity contribution is 0.494. The predicted octanol–water partition coefficient (Wildman–Crippen LogP) is 2.48. The van der Waals surface area contributed by atoms with Crippen LogP contribution in [0.3, 0.4) is 0 Å². The maximum Gasteiger partial charge on any atom is 0.299 e. The number of anilines is 2. The molecule has 1 atom stereocenters. The third kappa shape index (κ3) is 3.86. The van der Waals surface area contributed by atoms with Crippen LogP contribution >= 0.6 is 0 Å². The van der Waals surface area contributed by atoms with Crippen LogP contribution in [-0.2, 0) is 16.6 Å². The Morgan fingerprint density at radius 1 is 1.30 bits per heavy atom. The molecule has 0 spiro atoms. The Balaban J connectivity index is 2.27. The van der Waals surface area contributed by atoms with Crippen LogP contribution < -0.4 is 14.8 Å². The van der Waals surface area contributed by atoms with Gasteiger partial charge in [-0.05, 0) is 52.2 Å². The van der Waals surface area contributed by atoms with Gasteiger partial charge in [-0.3, -0.25) is 4.72 Å². The summed E-state index contributed by atoms with van der Waals surface area (Å²) in [5, 5.41) is 3.36. The number of hydrogen-bond acceptors (Lipinski definition) is 3. The first-order chi connectivity index (χ1) is 9.16. The Morgan fingerprint density at radius 2 is 2.00 bits per heavy atom. The molecule has 20 heavy (non-hydrogen) atoms. The van der Waals surface area contributed by atoms with E-state index in [1.807, 2.05) is 32.9 Å². The zero-order valence-corrected chi connectivity index (χ0v) is 13.3. The highest BCUT2D eigenvalue weighted by atomic mass is 32.2. The van der Waals surface area contributed by atoms with Gasteiger partial charge in [0, 0.05) is 11.6 Å². The SMILES string of the molecule is CC1CCc2cccc(NS(=O)(=O)NC(C)(C)C)c2N1. The minimum Gasteiger partial charge on any atom is -0.381 e. The molecule has 0 fully saturated rings. The first-order valence-electron chi connectivity index (χ1n) is 6.86. The Hall–Kier alpha value is -1.27. The number of fused-ring (bicyclic) bond motifs is 1. The van der Waals surface area contributed by atoms with Crippen molar-refractivity contribution >= 4 is 21.6 Å². The number of nitrogens with one attached hydrogen (secondary N) is 3. The molecule has 0 saturated carbocycles. The molecule has 112 valence electrons. The van der Waals surface area contributed by atoms with Gasteiger partial charge in [-0.2, -0.15) is 13.1 Å². The van der Waals surface area contributed by atoms with Crippen LogP contribution in [0, 0.1) is 0 Å². The summed E-state index contributed by atoms with van der Waals surface area (Å²) in [4.78, 5) is 0. The smallest absolute Gasteiger partial charge is 0.299 e. The molecule has 1 aromatic rings. The lowest BCUT2D eigenvalue weighted by Crippen LogP contribution is -2.43. The Kier molecular flexibility index (Phi) is 3.97. The molecule has 0 saturated heterocycles. The second-order valence-electron chi connectivity index (χ2n) is 6.38. The summed E-state index contributed by atoms with van der Waals surface area (Å²) in [5.41, 5.74) is 2.14. The van der Waals surface area contributed by atoms with Gasteiger partial charge in [0.25, 0.3) is 10.2 Å². The van der Waals surface area contributed by atoms with Gasteiger partial charge < -0.3 is 5.32 Å². The van der Waals surface area contributed by atoms with Crippen molar-refractivity contribution in [2.45, 2.75) is 52.1 Å². The van der Waals surface area contributed by atoms with E-state index in [0.717, 1.165) is 24.1 Å². The monoisotopic (exact) mass is 297 g/mol. The largest absolute Gasteiger partial charge is 0.381 e. The van der Waals surface area contributed by atoms with Gasteiger partial charge in [-0.1, -0.05) is 12.1 Å². The molecule has 0 aliphatic carbocycles. The molecule has 1 heterocycles. The van der Waals surface area contributed by atoms with E-state index in [2.05, 4.69) is 21.7 Å². The molecule has 6 heteroatoms. The molecule has 0 aromatic heterocycles. The molecule has 0 bridgehead atoms. The number of rotatable bonds is 3. The summed E-state index contributed by atoms with van der Waals surface area (Å²) >= 11 is 0. The highest BCUT2D eigenvalue weighted by Gasteiger charge is 2.23. The summed E-state index contributed by atoms with van der Waals surface area (Å²) in [7, 11) is -3.58. The molecule has 1 aliphatic rings. The van der Waals surface area contributed by atoms with Crippen molar-refractivity contribution in [2.24, 2.45) is 0 Å².